The van der Waals surface area contributed by atoms with Crippen LogP contribution in [0.25, 0.3) is 0 Å². The van der Waals surface area contributed by atoms with E-state index in [2.05, 4.69) is 5.32 Å². The summed E-state index contributed by atoms with van der Waals surface area (Å²) in [4.78, 5) is 0. The average Bonchev–Trinajstić information content (AvgIpc) is 2.46. The summed E-state index contributed by atoms with van der Waals surface area (Å²) in [7, 11) is 1.75. The summed E-state index contributed by atoms with van der Waals surface area (Å²) >= 11 is 0. The second-order valence-electron chi connectivity index (χ2n) is 4.72. The largest absolute Gasteiger partial charge is 0.488 e. The topological polar surface area (TPSA) is 21.3 Å². The molecule has 0 amide bonds. The third kappa shape index (κ3) is 3.76. The molecule has 0 fully saturated rings. The van der Waals surface area contributed by atoms with Gasteiger partial charge in [-0.2, -0.15) is 0 Å². The second-order valence-corrected chi connectivity index (χ2v) is 4.72. The van der Waals surface area contributed by atoms with Crippen LogP contribution in [0, 0.1) is 17.5 Å². The molecule has 0 aliphatic heterocycles. The summed E-state index contributed by atoms with van der Waals surface area (Å²) in [6, 6.07) is 7.34. The first-order valence-corrected chi connectivity index (χ1v) is 6.54. The molecule has 2 nitrogen and oxygen atoms in total. The molecule has 0 saturated carbocycles. The summed E-state index contributed by atoms with van der Waals surface area (Å²) < 4.78 is 45.3. The molecule has 2 aromatic rings. The van der Waals surface area contributed by atoms with E-state index in [1.165, 1.54) is 30.3 Å². The molecular formula is C16H16F3NO. The minimum atomic E-state index is -0.666. The van der Waals surface area contributed by atoms with Crippen molar-refractivity contribution in [2.45, 2.75) is 19.6 Å². The number of benzene rings is 2. The number of hydrogen-bond donors (Lipinski definition) is 1. The standard InChI is InChI=1S/C16H16F3NO/c1-10(20-2)14-7-12(17)5-6-16(14)21-9-11-3-4-13(18)8-15(11)19/h3-8,10,20H,9H2,1-2H3. The molecule has 5 heteroatoms. The monoisotopic (exact) mass is 295 g/mol. The maximum absolute atomic E-state index is 13.6. The van der Waals surface area contributed by atoms with Crippen LogP contribution in [0.1, 0.15) is 24.1 Å². The van der Waals surface area contributed by atoms with Crippen LogP contribution in [0.4, 0.5) is 13.2 Å². The predicted molar refractivity (Wildman–Crippen MR) is 74.6 cm³/mol. The molecule has 0 aliphatic rings. The van der Waals surface area contributed by atoms with Gasteiger partial charge in [-0.1, -0.05) is 0 Å². The fourth-order valence-corrected chi connectivity index (χ4v) is 1.94. The molecule has 2 aromatic carbocycles. The van der Waals surface area contributed by atoms with Gasteiger partial charge in [-0.05, 0) is 44.3 Å². The number of hydrogen-bond acceptors (Lipinski definition) is 2. The second kappa shape index (κ2) is 6.63. The van der Waals surface area contributed by atoms with E-state index >= 15 is 0 Å². The Labute approximate surface area is 121 Å². The van der Waals surface area contributed by atoms with Gasteiger partial charge >= 0.3 is 0 Å². The van der Waals surface area contributed by atoms with E-state index in [-0.39, 0.29) is 24.0 Å². The first-order valence-electron chi connectivity index (χ1n) is 6.54. The lowest BCUT2D eigenvalue weighted by atomic mass is 10.1. The third-order valence-electron chi connectivity index (χ3n) is 3.27. The highest BCUT2D eigenvalue weighted by Crippen LogP contribution is 2.27. The van der Waals surface area contributed by atoms with E-state index in [0.29, 0.717) is 11.3 Å². The molecule has 0 aromatic heterocycles. The van der Waals surface area contributed by atoms with Crippen molar-refractivity contribution in [1.29, 1.82) is 0 Å². The Morgan fingerprint density at radius 1 is 1.05 bits per heavy atom. The van der Waals surface area contributed by atoms with E-state index in [4.69, 9.17) is 4.74 Å². The lowest BCUT2D eigenvalue weighted by molar-refractivity contribution is 0.293. The van der Waals surface area contributed by atoms with Crippen molar-refractivity contribution in [2.24, 2.45) is 0 Å². The fourth-order valence-electron chi connectivity index (χ4n) is 1.94. The highest BCUT2D eigenvalue weighted by molar-refractivity contribution is 5.36. The maximum Gasteiger partial charge on any atom is 0.132 e. The van der Waals surface area contributed by atoms with Crippen LogP contribution >= 0.6 is 0 Å². The Morgan fingerprint density at radius 3 is 2.38 bits per heavy atom. The van der Waals surface area contributed by atoms with Crippen LogP contribution in [0.2, 0.25) is 0 Å². The molecule has 2 rings (SSSR count). The van der Waals surface area contributed by atoms with Crippen LogP contribution < -0.4 is 10.1 Å². The van der Waals surface area contributed by atoms with Gasteiger partial charge in [0.1, 0.15) is 29.8 Å². The van der Waals surface area contributed by atoms with Gasteiger partial charge in [0.05, 0.1) is 0 Å². The Morgan fingerprint density at radius 2 is 1.71 bits per heavy atom. The lowest BCUT2D eigenvalue weighted by Crippen LogP contribution is -2.14. The minimum Gasteiger partial charge on any atom is -0.488 e. The minimum absolute atomic E-state index is 0.0544. The third-order valence-corrected chi connectivity index (χ3v) is 3.27. The summed E-state index contributed by atoms with van der Waals surface area (Å²) in [5.74, 6) is -1.21. The normalized spacial score (nSPS) is 12.2. The smallest absolute Gasteiger partial charge is 0.132 e. The predicted octanol–water partition coefficient (Wildman–Crippen LogP) is 3.96. The van der Waals surface area contributed by atoms with Crippen LogP contribution in [0.15, 0.2) is 36.4 Å². The Balaban J connectivity index is 2.19. The van der Waals surface area contributed by atoms with Gasteiger partial charge in [0.25, 0.3) is 0 Å². The van der Waals surface area contributed by atoms with Gasteiger partial charge in [-0.15, -0.1) is 0 Å². The summed E-state index contributed by atoms with van der Waals surface area (Å²) in [6.45, 7) is 1.81. The maximum atomic E-state index is 13.6. The Bertz CT molecular complexity index is 631. The van der Waals surface area contributed by atoms with Crippen LogP contribution in [0.3, 0.4) is 0 Å². The van der Waals surface area contributed by atoms with E-state index in [1.807, 2.05) is 6.92 Å². The van der Waals surface area contributed by atoms with Crippen molar-refractivity contribution in [2.75, 3.05) is 7.05 Å². The highest BCUT2D eigenvalue weighted by atomic mass is 19.1. The first kappa shape index (κ1) is 15.4. The van der Waals surface area contributed by atoms with E-state index < -0.39 is 11.6 Å². The molecule has 0 saturated heterocycles. The van der Waals surface area contributed by atoms with Gasteiger partial charge in [0.2, 0.25) is 0 Å². The molecule has 1 unspecified atom stereocenters. The highest BCUT2D eigenvalue weighted by Gasteiger charge is 2.12. The zero-order valence-corrected chi connectivity index (χ0v) is 11.8. The van der Waals surface area contributed by atoms with Crippen LogP contribution in [-0.2, 0) is 6.61 Å². The number of nitrogens with one attached hydrogen (secondary N) is 1. The molecule has 0 spiro atoms. The molecule has 1 N–H and O–H groups in total. The average molecular weight is 295 g/mol. The number of halogens is 3. The quantitative estimate of drug-likeness (QED) is 0.901. The van der Waals surface area contributed by atoms with E-state index in [9.17, 15) is 13.2 Å². The van der Waals surface area contributed by atoms with Crippen LogP contribution in [0.5, 0.6) is 5.75 Å². The molecule has 21 heavy (non-hydrogen) atoms. The zero-order valence-electron chi connectivity index (χ0n) is 11.8. The van der Waals surface area contributed by atoms with Crippen LogP contribution in [-0.4, -0.2) is 7.05 Å². The van der Waals surface area contributed by atoms with Crippen molar-refractivity contribution in [3.8, 4) is 5.75 Å². The number of ether oxygens (including phenoxy) is 1. The molecule has 0 heterocycles. The van der Waals surface area contributed by atoms with Gasteiger partial charge < -0.3 is 10.1 Å². The molecule has 0 radical (unpaired) electrons. The molecule has 0 aliphatic carbocycles. The van der Waals surface area contributed by atoms with Crippen molar-refractivity contribution in [3.63, 3.8) is 0 Å². The van der Waals surface area contributed by atoms with Crippen molar-refractivity contribution < 1.29 is 17.9 Å². The SMILES string of the molecule is CNC(C)c1cc(F)ccc1OCc1ccc(F)cc1F. The summed E-state index contributed by atoms with van der Waals surface area (Å²) in [6.07, 6.45) is 0. The Kier molecular flexibility index (Phi) is 4.85. The molecule has 1 atom stereocenters. The molecule has 112 valence electrons. The van der Waals surface area contributed by atoms with Gasteiger partial charge in [-0.3, -0.25) is 0 Å². The zero-order chi connectivity index (χ0) is 15.4. The van der Waals surface area contributed by atoms with E-state index in [0.717, 1.165) is 6.07 Å². The van der Waals surface area contributed by atoms with Gasteiger partial charge in [0, 0.05) is 23.2 Å². The van der Waals surface area contributed by atoms with Crippen molar-refractivity contribution >= 4 is 0 Å². The van der Waals surface area contributed by atoms with Crippen molar-refractivity contribution in [1.82, 2.24) is 5.32 Å². The van der Waals surface area contributed by atoms with Gasteiger partial charge in [-0.25, -0.2) is 13.2 Å². The molecule has 0 bridgehead atoms. The summed E-state index contributed by atoms with van der Waals surface area (Å²) in [5, 5.41) is 3.00. The number of rotatable bonds is 5. The lowest BCUT2D eigenvalue weighted by Gasteiger charge is -2.17. The molecular weight excluding hydrogens is 279 g/mol. The Hall–Kier alpha value is -2.01. The van der Waals surface area contributed by atoms with Gasteiger partial charge in [0.15, 0.2) is 0 Å². The fraction of sp³-hybridized carbons (Fsp3) is 0.250. The summed E-state index contributed by atoms with van der Waals surface area (Å²) in [5.41, 5.74) is 0.879. The van der Waals surface area contributed by atoms with E-state index in [1.54, 1.807) is 7.05 Å². The first-order chi connectivity index (χ1) is 10.0. The van der Waals surface area contributed by atoms with Crippen molar-refractivity contribution in [3.05, 3.63) is 65.0 Å².